The lowest BCUT2D eigenvalue weighted by molar-refractivity contribution is -0.138. The van der Waals surface area contributed by atoms with Crippen LogP contribution in [0.1, 0.15) is 32.9 Å². The summed E-state index contributed by atoms with van der Waals surface area (Å²) in [7, 11) is -2.39. The Bertz CT molecular complexity index is 1430. The number of aromatic nitrogens is 4. The Labute approximate surface area is 229 Å². The van der Waals surface area contributed by atoms with Gasteiger partial charge in [0.25, 0.3) is 0 Å². The number of carbonyl (C=O) groups is 1. The van der Waals surface area contributed by atoms with Gasteiger partial charge in [0, 0.05) is 13.1 Å². The fourth-order valence-electron chi connectivity index (χ4n) is 4.52. The first-order chi connectivity index (χ1) is 18.9. The van der Waals surface area contributed by atoms with Crippen molar-refractivity contribution in [2.45, 2.75) is 62.8 Å². The number of fused-ring (bicyclic) bond motifs is 1. The number of ether oxygens (including phenoxy) is 1. The van der Waals surface area contributed by atoms with Crippen LogP contribution in [0.3, 0.4) is 0 Å². The first-order valence-corrected chi connectivity index (χ1v) is 14.2. The normalized spacial score (nSPS) is 26.9. The monoisotopic (exact) mass is 577 g/mol. The zero-order chi connectivity index (χ0) is 28.8. The number of imidazole rings is 1. The van der Waals surface area contributed by atoms with E-state index < -0.39 is 50.4 Å². The van der Waals surface area contributed by atoms with Gasteiger partial charge in [-0.1, -0.05) is 18.2 Å². The Balaban J connectivity index is 1.39. The smallest absolute Gasteiger partial charge is 0.459 e. The fourth-order valence-corrected chi connectivity index (χ4v) is 6.03. The summed E-state index contributed by atoms with van der Waals surface area (Å²) in [5, 5.41) is 34.0. The number of anilines is 2. The summed E-state index contributed by atoms with van der Waals surface area (Å²) in [6, 6.07) is 7.10. The lowest BCUT2D eigenvalue weighted by atomic mass is 9.96. The molecule has 1 aromatic carbocycles. The van der Waals surface area contributed by atoms with Crippen molar-refractivity contribution >= 4 is 36.6 Å². The van der Waals surface area contributed by atoms with Gasteiger partial charge >= 0.3 is 13.7 Å². The highest BCUT2D eigenvalue weighted by atomic mass is 31.2. The minimum Gasteiger partial charge on any atom is -0.480 e. The van der Waals surface area contributed by atoms with E-state index in [1.165, 1.54) is 36.9 Å². The van der Waals surface area contributed by atoms with Crippen molar-refractivity contribution in [3.8, 4) is 5.75 Å². The molecule has 0 spiro atoms. The molecule has 2 aromatic heterocycles. The lowest BCUT2D eigenvalue weighted by Crippen LogP contribution is -2.44. The first kappa shape index (κ1) is 28.2. The van der Waals surface area contributed by atoms with Crippen molar-refractivity contribution in [1.82, 2.24) is 24.6 Å². The third-order valence-corrected chi connectivity index (χ3v) is 8.60. The van der Waals surface area contributed by atoms with Crippen LogP contribution in [0.25, 0.3) is 11.2 Å². The molecule has 16 heteroatoms. The number of para-hydroxylation sites is 1. The molecule has 1 aliphatic carbocycles. The molecule has 2 unspecified atom stereocenters. The summed E-state index contributed by atoms with van der Waals surface area (Å²) < 4.78 is 32.0. The zero-order valence-electron chi connectivity index (χ0n) is 22.1. The summed E-state index contributed by atoms with van der Waals surface area (Å²) in [6.45, 7) is 2.14. The number of hydrogen-bond donors (Lipinski definition) is 5. The van der Waals surface area contributed by atoms with Crippen molar-refractivity contribution in [3.05, 3.63) is 36.7 Å². The number of rotatable bonds is 11. The van der Waals surface area contributed by atoms with Crippen LogP contribution >= 0.6 is 7.75 Å². The Morgan fingerprint density at radius 2 is 2.05 bits per heavy atom. The van der Waals surface area contributed by atoms with Gasteiger partial charge in [0.05, 0.1) is 12.9 Å². The van der Waals surface area contributed by atoms with Crippen LogP contribution in [0.5, 0.6) is 5.75 Å². The number of nitrogens with one attached hydrogen (secondary N) is 1. The van der Waals surface area contributed by atoms with Gasteiger partial charge in [-0.3, -0.25) is 13.9 Å². The molecule has 0 amide bonds. The van der Waals surface area contributed by atoms with Gasteiger partial charge in [0.15, 0.2) is 23.2 Å². The molecule has 3 heterocycles. The number of aliphatic carboxylic acids is 1. The van der Waals surface area contributed by atoms with Crippen LogP contribution in [0.15, 0.2) is 36.7 Å². The summed E-state index contributed by atoms with van der Waals surface area (Å²) in [5.74, 6) is -0.560. The van der Waals surface area contributed by atoms with Crippen LogP contribution in [0, 0.1) is 0 Å². The summed E-state index contributed by atoms with van der Waals surface area (Å²) in [4.78, 5) is 26.5. The largest absolute Gasteiger partial charge is 0.480 e. The maximum absolute atomic E-state index is 13.5. The number of benzene rings is 1. The van der Waals surface area contributed by atoms with Crippen molar-refractivity contribution in [2.24, 2.45) is 0 Å². The minimum atomic E-state index is -4.28. The highest BCUT2D eigenvalue weighted by Crippen LogP contribution is 2.47. The first-order valence-electron chi connectivity index (χ1n) is 12.7. The van der Waals surface area contributed by atoms with E-state index in [9.17, 15) is 24.7 Å². The maximum Gasteiger partial charge on any atom is 0.459 e. The van der Waals surface area contributed by atoms with Gasteiger partial charge in [-0.25, -0.2) is 9.55 Å². The second-order valence-corrected chi connectivity index (χ2v) is 11.8. The molecule has 0 bridgehead atoms. The zero-order valence-corrected chi connectivity index (χ0v) is 23.0. The molecule has 6 atom stereocenters. The van der Waals surface area contributed by atoms with Gasteiger partial charge in [0.1, 0.15) is 29.6 Å². The number of carboxylic acids is 1. The van der Waals surface area contributed by atoms with E-state index in [0.717, 1.165) is 12.8 Å². The molecule has 1 saturated heterocycles. The maximum atomic E-state index is 13.5. The standard InChI is InChI=1S/C24H32N7O8P/c1-13(21(33)34)29-40(36,39-15-7-5-4-6-8-15)37-11-16-18(32)24(2,35)22(38-16)31-12-26-17-19(30(3)14-9-10-14)27-23(25)28-20(17)31/h4-8,12-14,16,18,22,32,35H,9-11H2,1-3H3,(H,29,36)(H,33,34)(H2,25,27,28)/t13?,16-,18-,22-,24-,40?/m1/s1. The predicted octanol–water partition coefficient (Wildman–Crippen LogP) is 1.28. The molecule has 5 rings (SSSR count). The van der Waals surface area contributed by atoms with Crippen molar-refractivity contribution in [1.29, 1.82) is 0 Å². The highest BCUT2D eigenvalue weighted by molar-refractivity contribution is 7.52. The Morgan fingerprint density at radius 1 is 1.35 bits per heavy atom. The van der Waals surface area contributed by atoms with Gasteiger partial charge < -0.3 is 35.2 Å². The summed E-state index contributed by atoms with van der Waals surface area (Å²) >= 11 is 0. The van der Waals surface area contributed by atoms with Crippen LogP contribution in [-0.2, 0) is 18.6 Å². The van der Waals surface area contributed by atoms with Gasteiger partial charge in [-0.15, -0.1) is 0 Å². The number of aliphatic hydroxyl groups is 2. The van der Waals surface area contributed by atoms with E-state index in [-0.39, 0.29) is 11.7 Å². The van der Waals surface area contributed by atoms with E-state index in [4.69, 9.17) is 19.5 Å². The van der Waals surface area contributed by atoms with Gasteiger partial charge in [-0.05, 0) is 38.8 Å². The predicted molar refractivity (Wildman–Crippen MR) is 143 cm³/mol. The number of nitrogen functional groups attached to an aromatic ring is 1. The third-order valence-electron chi connectivity index (χ3n) is 6.96. The number of aliphatic hydroxyl groups excluding tert-OH is 1. The average molecular weight is 578 g/mol. The molecule has 216 valence electrons. The molecule has 40 heavy (non-hydrogen) atoms. The number of nitrogens with zero attached hydrogens (tertiary/aromatic N) is 5. The topological polar surface area (TPSA) is 207 Å². The highest BCUT2D eigenvalue weighted by Gasteiger charge is 2.54. The number of hydrogen-bond acceptors (Lipinski definition) is 12. The molecular formula is C24H32N7O8P. The van der Waals surface area contributed by atoms with E-state index in [1.54, 1.807) is 18.2 Å². The molecule has 6 N–H and O–H groups in total. The Morgan fingerprint density at radius 3 is 2.70 bits per heavy atom. The molecule has 2 fully saturated rings. The number of nitrogens with two attached hydrogens (primary N) is 1. The Hall–Kier alpha value is -3.33. The van der Waals surface area contributed by atoms with Crippen LogP contribution < -0.4 is 20.2 Å². The van der Waals surface area contributed by atoms with Crippen LogP contribution in [0.2, 0.25) is 0 Å². The van der Waals surface area contributed by atoms with E-state index in [1.807, 2.05) is 11.9 Å². The Kier molecular flexibility index (Phi) is 7.46. The average Bonchev–Trinajstić information content (AvgIpc) is 3.63. The number of carboxylic acid groups (broad SMARTS) is 1. The van der Waals surface area contributed by atoms with E-state index in [2.05, 4.69) is 20.0 Å². The second kappa shape index (κ2) is 10.6. The van der Waals surface area contributed by atoms with Crippen molar-refractivity contribution in [2.75, 3.05) is 24.3 Å². The van der Waals surface area contributed by atoms with Crippen molar-refractivity contribution < 1.29 is 38.5 Å². The van der Waals surface area contributed by atoms with Crippen LogP contribution in [0.4, 0.5) is 11.8 Å². The molecular weight excluding hydrogens is 545 g/mol. The van der Waals surface area contributed by atoms with E-state index >= 15 is 0 Å². The molecule has 3 aromatic rings. The lowest BCUT2D eigenvalue weighted by Gasteiger charge is -2.27. The third kappa shape index (κ3) is 5.48. The molecule has 1 aliphatic heterocycles. The van der Waals surface area contributed by atoms with Crippen molar-refractivity contribution in [3.63, 3.8) is 0 Å². The molecule has 1 saturated carbocycles. The van der Waals surface area contributed by atoms with Crippen LogP contribution in [-0.4, -0.2) is 84.4 Å². The molecule has 0 radical (unpaired) electrons. The SMILES string of the molecule is CC(NP(=O)(OC[C@H]1O[C@@H](n2cnc3c(N(C)C4CC4)nc(N)nc32)[C@](C)(O)[C@@H]1O)Oc1ccccc1)C(=O)O. The summed E-state index contributed by atoms with van der Waals surface area (Å²) in [6.07, 6.45) is -0.430. The summed E-state index contributed by atoms with van der Waals surface area (Å²) in [5.41, 5.74) is 4.87. The molecule has 2 aliphatic rings. The molecule has 15 nitrogen and oxygen atoms in total. The quantitative estimate of drug-likeness (QED) is 0.204. The van der Waals surface area contributed by atoms with Gasteiger partial charge in [-0.2, -0.15) is 15.1 Å². The second-order valence-electron chi connectivity index (χ2n) is 10.2. The fraction of sp³-hybridized carbons (Fsp3) is 0.500. The van der Waals surface area contributed by atoms with E-state index in [0.29, 0.717) is 23.0 Å². The van der Waals surface area contributed by atoms with Gasteiger partial charge in [0.2, 0.25) is 5.95 Å². The minimum absolute atomic E-state index is 0.00689.